The third kappa shape index (κ3) is 6.02. The van der Waals surface area contributed by atoms with E-state index in [4.69, 9.17) is 9.84 Å². The predicted octanol–water partition coefficient (Wildman–Crippen LogP) is -0.611. The Morgan fingerprint density at radius 3 is 2.59 bits per heavy atom. The van der Waals surface area contributed by atoms with Crippen LogP contribution in [0.2, 0.25) is 0 Å². The van der Waals surface area contributed by atoms with E-state index < -0.39 is 35.6 Å². The monoisotopic (exact) mass is 337 g/mol. The molecule has 0 aromatic carbocycles. The standard InChI is InChI=1S/C14H27NO6S/c1-8(15-6-5-11(17)18)3-2-4-9-12(19)13(20)14(22)10(7-16)21-9/h8-10,12-16,19-20,22H,2-7H2,1H3,(H,17,18)/t8?,9-,10+,12-,13+,14-/m0/s1. The molecular weight excluding hydrogens is 310 g/mol. The van der Waals surface area contributed by atoms with Gasteiger partial charge in [0, 0.05) is 12.6 Å². The minimum Gasteiger partial charge on any atom is -0.481 e. The third-order valence-electron chi connectivity index (χ3n) is 3.95. The number of ether oxygens (including phenoxy) is 1. The van der Waals surface area contributed by atoms with Crippen LogP contribution in [0.5, 0.6) is 0 Å². The zero-order valence-electron chi connectivity index (χ0n) is 12.8. The number of aliphatic hydroxyl groups is 3. The van der Waals surface area contributed by atoms with Crippen molar-refractivity contribution >= 4 is 18.6 Å². The number of rotatable bonds is 9. The van der Waals surface area contributed by atoms with E-state index in [1.165, 1.54) is 0 Å². The Labute approximate surface area is 136 Å². The van der Waals surface area contributed by atoms with Crippen LogP contribution < -0.4 is 5.32 Å². The molecule has 1 heterocycles. The fourth-order valence-corrected chi connectivity index (χ4v) is 2.91. The lowest BCUT2D eigenvalue weighted by molar-refractivity contribution is -0.174. The second kappa shape index (κ2) is 9.69. The first-order chi connectivity index (χ1) is 10.4. The van der Waals surface area contributed by atoms with Crippen molar-refractivity contribution in [2.24, 2.45) is 0 Å². The number of aliphatic hydroxyl groups excluding tert-OH is 3. The lowest BCUT2D eigenvalue weighted by Crippen LogP contribution is -2.56. The Morgan fingerprint density at radius 1 is 1.32 bits per heavy atom. The van der Waals surface area contributed by atoms with Crippen molar-refractivity contribution in [3.8, 4) is 0 Å². The van der Waals surface area contributed by atoms with Gasteiger partial charge in [-0.15, -0.1) is 0 Å². The molecule has 1 saturated heterocycles. The third-order valence-corrected chi connectivity index (χ3v) is 4.59. The summed E-state index contributed by atoms with van der Waals surface area (Å²) in [5.74, 6) is -0.830. The molecule has 5 N–H and O–H groups in total. The first-order valence-electron chi connectivity index (χ1n) is 7.62. The summed E-state index contributed by atoms with van der Waals surface area (Å²) in [6.07, 6.45) is -0.949. The molecule has 0 aromatic rings. The molecule has 6 atom stereocenters. The maximum atomic E-state index is 10.4. The van der Waals surface area contributed by atoms with E-state index in [-0.39, 0.29) is 19.1 Å². The van der Waals surface area contributed by atoms with E-state index >= 15 is 0 Å². The SMILES string of the molecule is CC(CCC[C@@H]1O[C@H](CO)[C@H](S)[C@H](O)[C@H]1O)NCCC(=O)O. The van der Waals surface area contributed by atoms with E-state index in [9.17, 15) is 20.1 Å². The number of thiol groups is 1. The smallest absolute Gasteiger partial charge is 0.304 e. The summed E-state index contributed by atoms with van der Waals surface area (Å²) >= 11 is 4.16. The van der Waals surface area contributed by atoms with Gasteiger partial charge in [0.05, 0.1) is 36.6 Å². The summed E-state index contributed by atoms with van der Waals surface area (Å²) in [6, 6.07) is 0.163. The summed E-state index contributed by atoms with van der Waals surface area (Å²) in [6.45, 7) is 2.14. The minimum atomic E-state index is -1.02. The summed E-state index contributed by atoms with van der Waals surface area (Å²) in [4.78, 5) is 10.4. The van der Waals surface area contributed by atoms with Gasteiger partial charge in [0.2, 0.25) is 0 Å². The second-order valence-corrected chi connectivity index (χ2v) is 6.39. The quantitative estimate of drug-likeness (QED) is 0.311. The van der Waals surface area contributed by atoms with Crippen molar-refractivity contribution in [2.75, 3.05) is 13.2 Å². The van der Waals surface area contributed by atoms with Gasteiger partial charge < -0.3 is 30.5 Å². The molecule has 0 bridgehead atoms. The van der Waals surface area contributed by atoms with Gasteiger partial charge in [0.15, 0.2) is 0 Å². The average Bonchev–Trinajstić information content (AvgIpc) is 2.47. The number of aliphatic carboxylic acids is 1. The van der Waals surface area contributed by atoms with Gasteiger partial charge in [0.25, 0.3) is 0 Å². The summed E-state index contributed by atoms with van der Waals surface area (Å²) < 4.78 is 5.59. The normalized spacial score (nSPS) is 33.6. The number of hydrogen-bond acceptors (Lipinski definition) is 7. The first-order valence-corrected chi connectivity index (χ1v) is 8.14. The highest BCUT2D eigenvalue weighted by Gasteiger charge is 2.41. The van der Waals surface area contributed by atoms with Crippen molar-refractivity contribution < 1.29 is 30.0 Å². The lowest BCUT2D eigenvalue weighted by atomic mass is 9.93. The molecule has 0 spiro atoms. The predicted molar refractivity (Wildman–Crippen MR) is 84.1 cm³/mol. The summed E-state index contributed by atoms with van der Waals surface area (Å²) in [5, 5.41) is 40.2. The lowest BCUT2D eigenvalue weighted by Gasteiger charge is -2.40. The van der Waals surface area contributed by atoms with Crippen LogP contribution in [0.4, 0.5) is 0 Å². The summed E-state index contributed by atoms with van der Waals surface area (Å²) in [5.41, 5.74) is 0. The van der Waals surface area contributed by atoms with Gasteiger partial charge in [0.1, 0.15) is 6.10 Å². The van der Waals surface area contributed by atoms with Crippen LogP contribution in [0.3, 0.4) is 0 Å². The molecule has 0 radical (unpaired) electrons. The van der Waals surface area contributed by atoms with Crippen molar-refractivity contribution in [2.45, 2.75) is 68.3 Å². The molecule has 1 unspecified atom stereocenters. The van der Waals surface area contributed by atoms with Crippen LogP contribution in [-0.4, -0.2) is 75.3 Å². The first kappa shape index (κ1) is 19.7. The molecule has 1 aliphatic heterocycles. The Hall–Kier alpha value is -0.380. The zero-order chi connectivity index (χ0) is 16.7. The van der Waals surface area contributed by atoms with E-state index in [0.717, 1.165) is 12.8 Å². The molecule has 1 aliphatic rings. The van der Waals surface area contributed by atoms with E-state index in [1.807, 2.05) is 6.92 Å². The topological polar surface area (TPSA) is 119 Å². The molecule has 7 nitrogen and oxygen atoms in total. The van der Waals surface area contributed by atoms with E-state index in [1.54, 1.807) is 0 Å². The molecule has 1 rings (SSSR count). The fraction of sp³-hybridized carbons (Fsp3) is 0.929. The molecule has 22 heavy (non-hydrogen) atoms. The van der Waals surface area contributed by atoms with Gasteiger partial charge >= 0.3 is 5.97 Å². The van der Waals surface area contributed by atoms with Gasteiger partial charge in [-0.3, -0.25) is 4.79 Å². The van der Waals surface area contributed by atoms with Crippen molar-refractivity contribution in [1.29, 1.82) is 0 Å². The van der Waals surface area contributed by atoms with Crippen LogP contribution in [-0.2, 0) is 9.53 Å². The van der Waals surface area contributed by atoms with Crippen LogP contribution in [0.1, 0.15) is 32.6 Å². The van der Waals surface area contributed by atoms with Crippen LogP contribution in [0, 0.1) is 0 Å². The second-order valence-electron chi connectivity index (χ2n) is 5.80. The Bertz CT molecular complexity index is 343. The molecule has 0 amide bonds. The highest BCUT2D eigenvalue weighted by atomic mass is 32.1. The van der Waals surface area contributed by atoms with Crippen LogP contribution in [0.25, 0.3) is 0 Å². The molecule has 130 valence electrons. The van der Waals surface area contributed by atoms with Crippen LogP contribution in [0.15, 0.2) is 0 Å². The molecule has 0 aliphatic carbocycles. The summed E-state index contributed by atoms with van der Waals surface area (Å²) in [7, 11) is 0. The van der Waals surface area contributed by atoms with Crippen LogP contribution >= 0.6 is 12.6 Å². The van der Waals surface area contributed by atoms with Gasteiger partial charge in [-0.05, 0) is 26.2 Å². The number of carboxylic acids is 1. The molecular formula is C14H27NO6S. The van der Waals surface area contributed by atoms with Crippen molar-refractivity contribution in [3.05, 3.63) is 0 Å². The highest BCUT2D eigenvalue weighted by Crippen LogP contribution is 2.27. The number of carbonyl (C=O) groups is 1. The number of nitrogens with one attached hydrogen (secondary N) is 1. The minimum absolute atomic E-state index is 0.0858. The van der Waals surface area contributed by atoms with Gasteiger partial charge in [-0.2, -0.15) is 12.6 Å². The Morgan fingerprint density at radius 2 is 2.00 bits per heavy atom. The number of hydrogen-bond donors (Lipinski definition) is 6. The van der Waals surface area contributed by atoms with Gasteiger partial charge in [-0.1, -0.05) is 0 Å². The maximum Gasteiger partial charge on any atom is 0.304 e. The molecule has 8 heteroatoms. The molecule has 0 saturated carbocycles. The van der Waals surface area contributed by atoms with Crippen molar-refractivity contribution in [1.82, 2.24) is 5.32 Å². The largest absolute Gasteiger partial charge is 0.481 e. The molecule has 1 fully saturated rings. The maximum absolute atomic E-state index is 10.4. The fourth-order valence-electron chi connectivity index (χ4n) is 2.57. The van der Waals surface area contributed by atoms with Gasteiger partial charge in [-0.25, -0.2) is 0 Å². The van der Waals surface area contributed by atoms with Crippen molar-refractivity contribution in [3.63, 3.8) is 0 Å². The number of carboxylic acid groups (broad SMARTS) is 1. The van der Waals surface area contributed by atoms with E-state index in [2.05, 4.69) is 17.9 Å². The Balaban J connectivity index is 2.29. The molecule has 0 aromatic heterocycles. The Kier molecular flexibility index (Phi) is 8.66. The zero-order valence-corrected chi connectivity index (χ0v) is 13.7. The highest BCUT2D eigenvalue weighted by molar-refractivity contribution is 7.81. The van der Waals surface area contributed by atoms with E-state index in [0.29, 0.717) is 13.0 Å². The average molecular weight is 337 g/mol.